The summed E-state index contributed by atoms with van der Waals surface area (Å²) in [5, 5.41) is 0. The van der Waals surface area contributed by atoms with Crippen molar-refractivity contribution in [2.75, 3.05) is 32.8 Å². The van der Waals surface area contributed by atoms with Crippen molar-refractivity contribution in [3.8, 4) is 0 Å². The molecular weight excluding hydrogens is 290 g/mol. The Labute approximate surface area is 137 Å². The molecule has 1 aromatic rings. The zero-order valence-electron chi connectivity index (χ0n) is 13.8. The van der Waals surface area contributed by atoms with Gasteiger partial charge in [0.25, 0.3) is 5.91 Å². The number of carbonyl (C=O) groups excluding carboxylic acids is 1. The second-order valence-electron chi connectivity index (χ2n) is 6.32. The van der Waals surface area contributed by atoms with Crippen LogP contribution in [0.5, 0.6) is 0 Å². The molecule has 0 spiro atoms. The highest BCUT2D eigenvalue weighted by Crippen LogP contribution is 2.24. The van der Waals surface area contributed by atoms with Gasteiger partial charge < -0.3 is 9.64 Å². The number of rotatable bonds is 3. The molecule has 2 saturated heterocycles. The third-order valence-electron chi connectivity index (χ3n) is 4.80. The maximum Gasteiger partial charge on any atom is 0.255 e. The molecule has 2 fully saturated rings. The van der Waals surface area contributed by atoms with Crippen molar-refractivity contribution < 1.29 is 9.53 Å². The van der Waals surface area contributed by atoms with E-state index in [4.69, 9.17) is 4.74 Å². The quantitative estimate of drug-likeness (QED) is 0.799. The van der Waals surface area contributed by atoms with E-state index in [1.807, 2.05) is 30.0 Å². The summed E-state index contributed by atoms with van der Waals surface area (Å²) in [5.74, 6) is 0.0754. The molecule has 0 aliphatic carbocycles. The van der Waals surface area contributed by atoms with Crippen molar-refractivity contribution in [3.05, 3.63) is 42.2 Å². The van der Waals surface area contributed by atoms with Crippen LogP contribution in [-0.2, 0) is 4.74 Å². The van der Waals surface area contributed by atoms with Gasteiger partial charge in [0.15, 0.2) is 0 Å². The lowest BCUT2D eigenvalue weighted by Crippen LogP contribution is -2.51. The summed E-state index contributed by atoms with van der Waals surface area (Å²) in [4.78, 5) is 21.3. The maximum atomic E-state index is 12.7. The minimum Gasteiger partial charge on any atom is -0.375 e. The third kappa shape index (κ3) is 3.62. The van der Waals surface area contributed by atoms with E-state index in [1.54, 1.807) is 6.20 Å². The van der Waals surface area contributed by atoms with Crippen molar-refractivity contribution in [1.29, 1.82) is 0 Å². The van der Waals surface area contributed by atoms with E-state index in [2.05, 4.69) is 16.5 Å². The summed E-state index contributed by atoms with van der Waals surface area (Å²) < 4.78 is 5.96. The Hall–Kier alpha value is -1.72. The number of pyridine rings is 1. The standard InChI is InChI=1S/C18H25N3O2/c1-3-8-20-11-12-23-17-7-10-21(9-6-16(17)20)18(22)15-5-4-14(2)19-13-15/h3-5,13,16-17H,1,6-12H2,2H3. The highest BCUT2D eigenvalue weighted by atomic mass is 16.5. The molecule has 0 N–H and O–H groups in total. The number of aromatic nitrogens is 1. The van der Waals surface area contributed by atoms with Gasteiger partial charge in [-0.15, -0.1) is 6.58 Å². The number of likely N-dealkylation sites (tertiary alicyclic amines) is 1. The predicted octanol–water partition coefficient (Wildman–Crippen LogP) is 1.88. The van der Waals surface area contributed by atoms with Crippen LogP contribution < -0.4 is 0 Å². The van der Waals surface area contributed by atoms with Gasteiger partial charge in [-0.25, -0.2) is 0 Å². The molecule has 0 radical (unpaired) electrons. The van der Waals surface area contributed by atoms with Gasteiger partial charge in [0.2, 0.25) is 0 Å². The third-order valence-corrected chi connectivity index (χ3v) is 4.80. The molecule has 2 unspecified atom stereocenters. The fourth-order valence-electron chi connectivity index (χ4n) is 3.53. The molecule has 124 valence electrons. The Balaban J connectivity index is 1.69. The van der Waals surface area contributed by atoms with Gasteiger partial charge in [-0.2, -0.15) is 0 Å². The normalized spacial score (nSPS) is 25.5. The van der Waals surface area contributed by atoms with E-state index < -0.39 is 0 Å². The Morgan fingerprint density at radius 1 is 1.39 bits per heavy atom. The largest absolute Gasteiger partial charge is 0.375 e. The molecule has 5 heteroatoms. The first-order valence-electron chi connectivity index (χ1n) is 8.37. The topological polar surface area (TPSA) is 45.7 Å². The van der Waals surface area contributed by atoms with E-state index in [0.717, 1.165) is 51.3 Å². The van der Waals surface area contributed by atoms with E-state index in [0.29, 0.717) is 11.6 Å². The summed E-state index contributed by atoms with van der Waals surface area (Å²) in [6.07, 6.45) is 5.69. The molecule has 0 aromatic carbocycles. The van der Waals surface area contributed by atoms with Crippen LogP contribution >= 0.6 is 0 Å². The van der Waals surface area contributed by atoms with E-state index in [9.17, 15) is 4.79 Å². The highest BCUT2D eigenvalue weighted by molar-refractivity contribution is 5.93. The van der Waals surface area contributed by atoms with Crippen molar-refractivity contribution in [3.63, 3.8) is 0 Å². The Morgan fingerprint density at radius 2 is 2.22 bits per heavy atom. The molecule has 5 nitrogen and oxygen atoms in total. The smallest absolute Gasteiger partial charge is 0.255 e. The lowest BCUT2D eigenvalue weighted by Gasteiger charge is -2.39. The highest BCUT2D eigenvalue weighted by Gasteiger charge is 2.35. The lowest BCUT2D eigenvalue weighted by molar-refractivity contribution is -0.0672. The summed E-state index contributed by atoms with van der Waals surface area (Å²) >= 11 is 0. The van der Waals surface area contributed by atoms with Gasteiger partial charge in [0.05, 0.1) is 18.3 Å². The fourth-order valence-corrected chi connectivity index (χ4v) is 3.53. The van der Waals surface area contributed by atoms with Gasteiger partial charge in [0.1, 0.15) is 0 Å². The predicted molar refractivity (Wildman–Crippen MR) is 89.4 cm³/mol. The van der Waals surface area contributed by atoms with Crippen molar-refractivity contribution in [1.82, 2.24) is 14.8 Å². The average Bonchev–Trinajstić information content (AvgIpc) is 2.79. The van der Waals surface area contributed by atoms with Crippen LogP contribution in [0.15, 0.2) is 31.0 Å². The number of hydrogen-bond donors (Lipinski definition) is 0. The second-order valence-corrected chi connectivity index (χ2v) is 6.32. The second kappa shape index (κ2) is 7.23. The summed E-state index contributed by atoms with van der Waals surface area (Å²) in [6, 6.07) is 4.14. The van der Waals surface area contributed by atoms with Crippen LogP contribution in [0.1, 0.15) is 28.9 Å². The van der Waals surface area contributed by atoms with Crippen LogP contribution in [-0.4, -0.2) is 65.6 Å². The molecule has 0 saturated carbocycles. The molecule has 23 heavy (non-hydrogen) atoms. The Bertz CT molecular complexity index is 558. The van der Waals surface area contributed by atoms with Crippen LogP contribution in [0.4, 0.5) is 0 Å². The first kappa shape index (κ1) is 16.1. The van der Waals surface area contributed by atoms with Crippen LogP contribution in [0.3, 0.4) is 0 Å². The van der Waals surface area contributed by atoms with Gasteiger partial charge in [0, 0.05) is 44.1 Å². The zero-order valence-corrected chi connectivity index (χ0v) is 13.8. The number of amides is 1. The van der Waals surface area contributed by atoms with Gasteiger partial charge in [-0.1, -0.05) is 6.08 Å². The lowest BCUT2D eigenvalue weighted by atomic mass is 10.0. The first-order valence-corrected chi connectivity index (χ1v) is 8.37. The number of fused-ring (bicyclic) bond motifs is 1. The van der Waals surface area contributed by atoms with Gasteiger partial charge in [-0.05, 0) is 31.9 Å². The average molecular weight is 315 g/mol. The Kier molecular flexibility index (Phi) is 5.08. The SMILES string of the molecule is C=CCN1CCOC2CCN(C(=O)c3ccc(C)nc3)CCC21. The Morgan fingerprint density at radius 3 is 2.96 bits per heavy atom. The minimum atomic E-state index is 0.0754. The first-order chi connectivity index (χ1) is 11.2. The van der Waals surface area contributed by atoms with Gasteiger partial charge in [-0.3, -0.25) is 14.7 Å². The van der Waals surface area contributed by atoms with E-state index in [1.165, 1.54) is 0 Å². The number of aryl methyl sites for hydroxylation is 1. The number of nitrogens with zero attached hydrogens (tertiary/aromatic N) is 3. The zero-order chi connectivity index (χ0) is 16.2. The minimum absolute atomic E-state index is 0.0754. The van der Waals surface area contributed by atoms with Crippen molar-refractivity contribution >= 4 is 5.91 Å². The fraction of sp³-hybridized carbons (Fsp3) is 0.556. The van der Waals surface area contributed by atoms with Crippen LogP contribution in [0.2, 0.25) is 0 Å². The summed E-state index contributed by atoms with van der Waals surface area (Å²) in [6.45, 7) is 9.90. The maximum absolute atomic E-state index is 12.7. The molecule has 3 heterocycles. The monoisotopic (exact) mass is 315 g/mol. The molecule has 2 aliphatic heterocycles. The number of hydrogen-bond acceptors (Lipinski definition) is 4. The van der Waals surface area contributed by atoms with Gasteiger partial charge >= 0.3 is 0 Å². The molecule has 2 aliphatic rings. The molecule has 3 rings (SSSR count). The number of morpholine rings is 1. The number of ether oxygens (including phenoxy) is 1. The van der Waals surface area contributed by atoms with E-state index in [-0.39, 0.29) is 12.0 Å². The van der Waals surface area contributed by atoms with Crippen molar-refractivity contribution in [2.24, 2.45) is 0 Å². The summed E-state index contributed by atoms with van der Waals surface area (Å²) in [5.41, 5.74) is 1.60. The number of carbonyl (C=O) groups is 1. The van der Waals surface area contributed by atoms with Crippen LogP contribution in [0.25, 0.3) is 0 Å². The van der Waals surface area contributed by atoms with Crippen LogP contribution in [0, 0.1) is 6.92 Å². The molecule has 1 amide bonds. The summed E-state index contributed by atoms with van der Waals surface area (Å²) in [7, 11) is 0. The van der Waals surface area contributed by atoms with E-state index >= 15 is 0 Å². The molecule has 2 atom stereocenters. The molecule has 0 bridgehead atoms. The van der Waals surface area contributed by atoms with Crippen molar-refractivity contribution in [2.45, 2.75) is 31.9 Å². The molecule has 1 aromatic heterocycles. The molecular formula is C18H25N3O2.